The fourth-order valence-electron chi connectivity index (χ4n) is 9.89. The molecule has 0 saturated heterocycles. The number of nitrogens with zero attached hydrogens (tertiary/aromatic N) is 2. The third-order valence-corrected chi connectivity index (χ3v) is 12.7. The van der Waals surface area contributed by atoms with E-state index in [0.717, 1.165) is 29.2 Å². The first-order valence-corrected chi connectivity index (χ1v) is 20.9. The Bertz CT molecular complexity index is 3400. The molecule has 2 aliphatic rings. The first-order valence-electron chi connectivity index (χ1n) is 20.9. The summed E-state index contributed by atoms with van der Waals surface area (Å²) in [6.07, 6.45) is 12.4. The highest BCUT2D eigenvalue weighted by molar-refractivity contribution is 6.21. The van der Waals surface area contributed by atoms with Crippen LogP contribution in [0.5, 0.6) is 0 Å². The van der Waals surface area contributed by atoms with Gasteiger partial charge in [0.2, 0.25) is 0 Å². The number of hydrogen-bond acceptors (Lipinski definition) is 1. The second-order valence-electron chi connectivity index (χ2n) is 16.1. The highest BCUT2D eigenvalue weighted by Crippen LogP contribution is 2.48. The van der Waals surface area contributed by atoms with Gasteiger partial charge in [-0.25, -0.2) is 0 Å². The molecule has 1 unspecified atom stereocenters. The molecule has 2 nitrogen and oxygen atoms in total. The summed E-state index contributed by atoms with van der Waals surface area (Å²) in [5.74, 6) is 0.362. The summed E-state index contributed by atoms with van der Waals surface area (Å²) in [7, 11) is 0. The zero-order valence-electron chi connectivity index (χ0n) is 33.0. The minimum Gasteiger partial charge on any atom is -0.313 e. The molecule has 12 rings (SSSR count). The van der Waals surface area contributed by atoms with Gasteiger partial charge in [0, 0.05) is 44.9 Å². The lowest BCUT2D eigenvalue weighted by Gasteiger charge is -2.31. The van der Waals surface area contributed by atoms with Gasteiger partial charge < -0.3 is 9.47 Å². The average Bonchev–Trinajstić information content (AvgIpc) is 3.64. The summed E-state index contributed by atoms with van der Waals surface area (Å²) >= 11 is 0. The minimum absolute atomic E-state index is 0.362. The molecule has 0 bridgehead atoms. The van der Waals surface area contributed by atoms with Crippen LogP contribution in [0.1, 0.15) is 11.3 Å². The Balaban J connectivity index is 1.16. The van der Waals surface area contributed by atoms with Crippen molar-refractivity contribution in [2.45, 2.75) is 6.42 Å². The van der Waals surface area contributed by atoms with Crippen LogP contribution in [0, 0.1) is 5.92 Å². The summed E-state index contributed by atoms with van der Waals surface area (Å²) in [6.45, 7) is 0. The highest BCUT2D eigenvalue weighted by Gasteiger charge is 2.27. The van der Waals surface area contributed by atoms with E-state index in [-0.39, 0.29) is 0 Å². The molecule has 0 radical (unpaired) electrons. The molecule has 1 heterocycles. The smallest absolute Gasteiger partial charge is 0.0546 e. The fraction of sp³-hybridized carbons (Fsp3) is 0.0345. The second kappa shape index (κ2) is 14.0. The van der Waals surface area contributed by atoms with E-state index in [9.17, 15) is 0 Å². The molecule has 2 aliphatic carbocycles. The predicted octanol–water partition coefficient (Wildman–Crippen LogP) is 15.6. The quantitative estimate of drug-likeness (QED) is 0.153. The fourth-order valence-corrected chi connectivity index (χ4v) is 9.89. The zero-order valence-corrected chi connectivity index (χ0v) is 33.0. The van der Waals surface area contributed by atoms with Gasteiger partial charge in [0.1, 0.15) is 0 Å². The Morgan fingerprint density at radius 2 is 1.18 bits per heavy atom. The maximum absolute atomic E-state index is 2.52. The summed E-state index contributed by atoms with van der Waals surface area (Å²) in [6, 6.07) is 71.5. The number of para-hydroxylation sites is 1. The molecule has 0 amide bonds. The van der Waals surface area contributed by atoms with Gasteiger partial charge in [0.15, 0.2) is 0 Å². The predicted molar refractivity (Wildman–Crippen MR) is 255 cm³/mol. The Morgan fingerprint density at radius 3 is 2.03 bits per heavy atom. The van der Waals surface area contributed by atoms with Gasteiger partial charge in [-0.3, -0.25) is 0 Å². The Hall–Kier alpha value is -7.68. The van der Waals surface area contributed by atoms with Crippen molar-refractivity contribution in [3.8, 4) is 27.9 Å². The molecule has 1 aromatic heterocycles. The van der Waals surface area contributed by atoms with Gasteiger partial charge in [-0.15, -0.1) is 0 Å². The molecule has 9 aromatic carbocycles. The number of rotatable bonds is 6. The number of allylic oxidation sites excluding steroid dienone is 5. The van der Waals surface area contributed by atoms with Crippen molar-refractivity contribution < 1.29 is 0 Å². The lowest BCUT2D eigenvalue weighted by atomic mass is 9.83. The van der Waals surface area contributed by atoms with Crippen LogP contribution < -0.4 is 4.90 Å². The maximum Gasteiger partial charge on any atom is 0.0546 e. The number of aromatic nitrogens is 1. The largest absolute Gasteiger partial charge is 0.313 e. The molecule has 2 heteroatoms. The molecular weight excluding hydrogens is 725 g/mol. The molecule has 0 spiro atoms. The van der Waals surface area contributed by atoms with Crippen molar-refractivity contribution >= 4 is 66.4 Å². The molecule has 0 saturated carbocycles. The van der Waals surface area contributed by atoms with E-state index in [1.807, 2.05) is 0 Å². The molecule has 282 valence electrons. The standard InChI is InChI=1S/C58H40N2/c1-3-16-39(17-4-1)44-31-33-56(52(34-44)40-18-5-2-6-19-40)60(58-38-53-47-25-10-9-20-41(47)30-32-49(53)48-26-11-12-27-50(48)58)46-24-15-23-45(37-46)59-55-29-14-13-28-51(55)54-35-42-21-7-8-22-43(42)36-57(54)59/h1-35,37-38,43H,36H2. The van der Waals surface area contributed by atoms with Crippen LogP contribution in [-0.4, -0.2) is 4.57 Å². The molecular formula is C58H40N2. The van der Waals surface area contributed by atoms with E-state index in [1.54, 1.807) is 0 Å². The normalized spacial score (nSPS) is 14.4. The lowest BCUT2D eigenvalue weighted by molar-refractivity contribution is 0.726. The molecule has 0 fully saturated rings. The van der Waals surface area contributed by atoms with E-state index < -0.39 is 0 Å². The first kappa shape index (κ1) is 34.4. The minimum atomic E-state index is 0.362. The zero-order chi connectivity index (χ0) is 39.6. The molecule has 60 heavy (non-hydrogen) atoms. The van der Waals surface area contributed by atoms with Crippen LogP contribution >= 0.6 is 0 Å². The number of hydrogen-bond donors (Lipinski definition) is 0. The topological polar surface area (TPSA) is 8.17 Å². The van der Waals surface area contributed by atoms with Crippen LogP contribution in [0.15, 0.2) is 224 Å². The SMILES string of the molecule is C1=CC2=Cc3c(n(-c4cccc(N(c5ccc(-c6ccccc6)cc5-c5ccccc5)c5cc6c7ccccc7ccc6c6ccccc56)c4)c4ccccc34)CC2C=C1. The van der Waals surface area contributed by atoms with Crippen LogP contribution in [0.3, 0.4) is 0 Å². The third kappa shape index (κ3) is 5.56. The van der Waals surface area contributed by atoms with Gasteiger partial charge >= 0.3 is 0 Å². The van der Waals surface area contributed by atoms with Crippen molar-refractivity contribution in [3.05, 3.63) is 235 Å². The third-order valence-electron chi connectivity index (χ3n) is 12.7. The summed E-state index contributed by atoms with van der Waals surface area (Å²) in [4.78, 5) is 2.52. The van der Waals surface area contributed by atoms with E-state index in [4.69, 9.17) is 0 Å². The van der Waals surface area contributed by atoms with Crippen LogP contribution in [0.4, 0.5) is 17.1 Å². The maximum atomic E-state index is 2.52. The van der Waals surface area contributed by atoms with E-state index in [0.29, 0.717) is 5.92 Å². The van der Waals surface area contributed by atoms with Crippen molar-refractivity contribution in [2.24, 2.45) is 5.92 Å². The van der Waals surface area contributed by atoms with Gasteiger partial charge in [0.05, 0.1) is 16.9 Å². The van der Waals surface area contributed by atoms with E-state index in [2.05, 4.69) is 234 Å². The average molecular weight is 765 g/mol. The van der Waals surface area contributed by atoms with Crippen molar-refractivity contribution in [3.63, 3.8) is 0 Å². The summed E-state index contributed by atoms with van der Waals surface area (Å²) < 4.78 is 2.52. The Kier molecular flexibility index (Phi) is 8.02. The van der Waals surface area contributed by atoms with Gasteiger partial charge in [-0.05, 0) is 104 Å². The number of fused-ring (bicyclic) bond motifs is 9. The molecule has 10 aromatic rings. The monoisotopic (exact) mass is 764 g/mol. The van der Waals surface area contributed by atoms with E-state index in [1.165, 1.54) is 82.3 Å². The highest BCUT2D eigenvalue weighted by atomic mass is 15.1. The van der Waals surface area contributed by atoms with Crippen molar-refractivity contribution in [1.29, 1.82) is 0 Å². The first-order chi connectivity index (χ1) is 29.8. The van der Waals surface area contributed by atoms with Gasteiger partial charge in [0.25, 0.3) is 0 Å². The van der Waals surface area contributed by atoms with Crippen molar-refractivity contribution in [2.75, 3.05) is 4.90 Å². The van der Waals surface area contributed by atoms with Crippen LogP contribution in [0.2, 0.25) is 0 Å². The number of benzene rings is 9. The molecule has 0 aliphatic heterocycles. The van der Waals surface area contributed by atoms with Gasteiger partial charge in [-0.2, -0.15) is 0 Å². The Morgan fingerprint density at radius 1 is 0.467 bits per heavy atom. The Labute approximate surface area is 349 Å². The second-order valence-corrected chi connectivity index (χ2v) is 16.1. The summed E-state index contributed by atoms with van der Waals surface area (Å²) in [5.41, 5.74) is 14.5. The van der Waals surface area contributed by atoms with E-state index >= 15 is 0 Å². The molecule has 1 atom stereocenters. The number of anilines is 3. The summed E-state index contributed by atoms with van der Waals surface area (Å²) in [5, 5.41) is 8.72. The van der Waals surface area contributed by atoms with Crippen LogP contribution in [0.25, 0.3) is 77.2 Å². The van der Waals surface area contributed by atoms with Crippen molar-refractivity contribution in [1.82, 2.24) is 4.57 Å². The van der Waals surface area contributed by atoms with Crippen LogP contribution in [-0.2, 0) is 6.42 Å². The van der Waals surface area contributed by atoms with Gasteiger partial charge in [-0.1, -0.05) is 176 Å². The lowest BCUT2D eigenvalue weighted by Crippen LogP contribution is -2.15. The molecule has 0 N–H and O–H groups in total.